The van der Waals surface area contributed by atoms with Gasteiger partial charge in [-0.15, -0.1) is 13.2 Å². The second-order valence-corrected chi connectivity index (χ2v) is 29.9. The van der Waals surface area contributed by atoms with Crippen molar-refractivity contribution in [2.75, 3.05) is 155 Å². The molecule has 664 valence electrons. The van der Waals surface area contributed by atoms with Gasteiger partial charge in [0, 0.05) is 188 Å². The number of hydrogen-bond donors (Lipinski definition) is 3. The van der Waals surface area contributed by atoms with Gasteiger partial charge in [0.25, 0.3) is 34.6 Å². The van der Waals surface area contributed by atoms with E-state index in [0.29, 0.717) is 86.6 Å². The average molecular weight is 1730 g/mol. The molecular weight excluding hydrogens is 1630 g/mol. The number of carboxylic acids is 1. The van der Waals surface area contributed by atoms with E-state index in [1.807, 2.05) is 67.4 Å². The summed E-state index contributed by atoms with van der Waals surface area (Å²) in [6.45, 7) is 28.5. The van der Waals surface area contributed by atoms with Crippen LogP contribution in [0, 0.1) is 82.0 Å². The number of nitrogens with one attached hydrogen (secondary N) is 1. The summed E-state index contributed by atoms with van der Waals surface area (Å²) in [5, 5.41) is 54.5. The number of hydrogen-bond acceptors (Lipinski definition) is 26. The highest BCUT2D eigenvalue weighted by Gasteiger charge is 2.31. The van der Waals surface area contributed by atoms with Crippen LogP contribution >= 0.6 is 0 Å². The van der Waals surface area contributed by atoms with Gasteiger partial charge in [-0.3, -0.25) is 69.5 Å². The molecule has 5 saturated heterocycles. The molecule has 0 unspecified atom stereocenters. The summed E-state index contributed by atoms with van der Waals surface area (Å²) in [4.78, 5) is 110. The highest BCUT2D eigenvalue weighted by atomic mass is 19.4. The number of ether oxygens (including phenoxy) is 6. The van der Waals surface area contributed by atoms with Crippen LogP contribution in [0.25, 0.3) is 0 Å². The van der Waals surface area contributed by atoms with E-state index in [1.54, 1.807) is 61.0 Å². The first-order valence-electron chi connectivity index (χ1n) is 40.3. The van der Waals surface area contributed by atoms with Gasteiger partial charge >= 0.3 is 12.3 Å². The zero-order chi connectivity index (χ0) is 90.3. The Kier molecular flexibility index (Phi) is 36.2. The number of halogens is 3. The monoisotopic (exact) mass is 1730 g/mol. The van der Waals surface area contributed by atoms with Crippen LogP contribution in [0.15, 0.2) is 170 Å². The predicted octanol–water partition coefficient (Wildman–Crippen LogP) is 13.9. The Labute approximate surface area is 721 Å². The largest absolute Gasteiger partial charge is 0.573 e. The van der Waals surface area contributed by atoms with Crippen LogP contribution in [0.1, 0.15) is 92.3 Å². The lowest BCUT2D eigenvalue weighted by atomic mass is 10.0. The molecule has 0 aliphatic carbocycles. The first-order chi connectivity index (χ1) is 59.7. The molecule has 36 heteroatoms. The fourth-order valence-corrected chi connectivity index (χ4v) is 13.5. The van der Waals surface area contributed by atoms with E-state index in [4.69, 9.17) is 39.5 Å². The third kappa shape index (κ3) is 30.6. The number of carboxylic acid groups (broad SMARTS) is 1. The number of carbonyl (C=O) groups is 4. The summed E-state index contributed by atoms with van der Waals surface area (Å²) in [5.41, 5.74) is 19.8. The number of nitrogen functional groups attached to an aromatic ring is 1. The molecule has 5 fully saturated rings. The molecule has 0 atom stereocenters. The van der Waals surface area contributed by atoms with Crippen LogP contribution in [-0.4, -0.2) is 228 Å². The molecule has 1 aromatic heterocycles. The summed E-state index contributed by atoms with van der Waals surface area (Å²) >= 11 is 0. The maximum atomic E-state index is 12.6. The van der Waals surface area contributed by atoms with E-state index in [1.165, 1.54) is 82.9 Å². The number of aromatic carboxylic acids is 1. The lowest BCUT2D eigenvalue weighted by Gasteiger charge is -2.27. The van der Waals surface area contributed by atoms with Crippen LogP contribution in [0.3, 0.4) is 0 Å². The Balaban J connectivity index is 0.000000183. The molecule has 33 nitrogen and oxygen atoms in total. The number of nitro benzene ring substituents is 4. The van der Waals surface area contributed by atoms with Gasteiger partial charge in [0.15, 0.2) is 0 Å². The molecule has 5 aliphatic heterocycles. The second kappa shape index (κ2) is 47.2. The Morgan fingerprint density at radius 2 is 0.816 bits per heavy atom. The number of nitrogens with two attached hydrogens (primary N) is 1. The van der Waals surface area contributed by atoms with Crippen molar-refractivity contribution in [1.82, 2.24) is 34.5 Å². The van der Waals surface area contributed by atoms with Crippen LogP contribution < -0.4 is 20.7 Å². The number of ketones is 1. The molecular formula is C89H103F3N14O19. The SMILES string of the molecule is Cc1ccc(N)cc1CN1CCOCC1.Cc1ccc(Nc2nccc(N(C)c3ccc(CC(=O)Cc4ccc(OC(F)(F)F)cc4)cc3)n2)cc1CN1CCOCC1.Cc1ccc([N+](=O)[O-])cc1C(=O)N1CCOCC1.Cc1ccc([N+](=O)[O-])cc1C(=O)N1CCOCC1.Cc1ccc([N+](=O)[O-])cc1C(=O)O.Cc1ccc([N+](=O)[O-])cc1CN1CCOCC1. The number of aryl methyl sites for hydroxylation is 6. The number of nitrogens with zero attached hydrogens (tertiary/aromatic N) is 12. The standard InChI is InChI=1S/C33H34F3N5O3.2C12H14N2O4.C12H16N2O3.C12H18N2O.C8H7NO4/c1-23-3-8-27(21-26(23)22-41-15-17-43-18-16-41)38-32-37-14-13-31(39-32)40(2)28-9-4-24(5-10-28)19-29(42)20-25-6-11-30(12-7-25)44-33(34,35)36;2*1-9-2-3-10(14(16)17)8-11(9)12(15)13-4-6-18-7-5-13;1-10-2-3-12(14(15)16)8-11(10)9-13-4-6-17-7-5-13;1-10-2-3-12(13)8-11(10)9-14-4-6-15-7-5-14;1-5-2-3-6(9(12)13)4-7(5)8(10)11/h3-14,21H,15-20,22H2,1-2H3,(H,37,38,39);2*2-3,8H,4-7H2,1H3;2-3,8H,4-7,9H2,1H3;2-3,8H,4-7,9,13H2,1H3;2-4H,1H3,(H,10,11). The van der Waals surface area contributed by atoms with Gasteiger partial charge < -0.3 is 59.3 Å². The average Bonchev–Trinajstić information content (AvgIpc) is 0.839. The van der Waals surface area contributed by atoms with E-state index in [2.05, 4.69) is 67.9 Å². The minimum Gasteiger partial charge on any atom is -0.478 e. The van der Waals surface area contributed by atoms with Crippen molar-refractivity contribution in [2.24, 2.45) is 0 Å². The number of anilines is 5. The van der Waals surface area contributed by atoms with Crippen molar-refractivity contribution in [3.8, 4) is 5.75 Å². The second-order valence-electron chi connectivity index (χ2n) is 29.9. The molecule has 4 N–H and O–H groups in total. The van der Waals surface area contributed by atoms with Gasteiger partial charge in [-0.1, -0.05) is 60.7 Å². The third-order valence-corrected chi connectivity index (χ3v) is 20.9. The van der Waals surface area contributed by atoms with Gasteiger partial charge in [0.05, 0.1) is 91.3 Å². The Morgan fingerprint density at radius 3 is 1.22 bits per heavy atom. The highest BCUT2D eigenvalue weighted by molar-refractivity contribution is 5.97. The van der Waals surface area contributed by atoms with Crippen LogP contribution in [0.5, 0.6) is 5.75 Å². The van der Waals surface area contributed by atoms with Gasteiger partial charge in [-0.05, 0) is 157 Å². The zero-order valence-corrected chi connectivity index (χ0v) is 70.7. The minimum absolute atomic E-state index is 0.0331. The van der Waals surface area contributed by atoms with E-state index in [-0.39, 0.29) is 69.4 Å². The van der Waals surface area contributed by atoms with Gasteiger partial charge in [-0.2, -0.15) is 4.98 Å². The van der Waals surface area contributed by atoms with Crippen LogP contribution in [0.4, 0.5) is 64.7 Å². The zero-order valence-electron chi connectivity index (χ0n) is 70.7. The number of amides is 2. The number of Topliss-reactive ketones (excluding diaryl/α,β-unsaturated/α-hetero) is 1. The number of non-ortho nitro benzene ring substituents is 4. The fourth-order valence-electron chi connectivity index (χ4n) is 13.5. The summed E-state index contributed by atoms with van der Waals surface area (Å²) in [6, 6.07) is 44.6. The molecule has 14 rings (SSSR count). The predicted molar refractivity (Wildman–Crippen MR) is 462 cm³/mol. The summed E-state index contributed by atoms with van der Waals surface area (Å²) in [6.07, 6.45) is -2.73. The number of nitro groups is 4. The van der Waals surface area contributed by atoms with Gasteiger partial charge in [0.2, 0.25) is 5.95 Å². The molecule has 0 saturated carbocycles. The van der Waals surface area contributed by atoms with Crippen molar-refractivity contribution in [2.45, 2.75) is 80.4 Å². The van der Waals surface area contributed by atoms with Crippen molar-refractivity contribution < 1.29 is 85.6 Å². The Bertz CT molecular complexity index is 5090. The molecule has 0 spiro atoms. The van der Waals surface area contributed by atoms with Crippen molar-refractivity contribution >= 4 is 75.1 Å². The molecule has 8 aromatic carbocycles. The first kappa shape index (κ1) is 96.0. The molecule has 9 aromatic rings. The lowest BCUT2D eigenvalue weighted by molar-refractivity contribution is -0.385. The number of rotatable bonds is 22. The van der Waals surface area contributed by atoms with Crippen molar-refractivity contribution in [3.05, 3.63) is 288 Å². The number of morpholine rings is 5. The van der Waals surface area contributed by atoms with E-state index >= 15 is 0 Å². The van der Waals surface area contributed by atoms with Crippen LogP contribution in [-0.2, 0) is 61.0 Å². The summed E-state index contributed by atoms with van der Waals surface area (Å²) in [7, 11) is 1.91. The number of alkyl halides is 3. The molecule has 0 bridgehead atoms. The van der Waals surface area contributed by atoms with E-state index in [9.17, 15) is 72.8 Å². The van der Waals surface area contributed by atoms with Crippen molar-refractivity contribution in [3.63, 3.8) is 0 Å². The summed E-state index contributed by atoms with van der Waals surface area (Å²) in [5.74, 6) is -0.670. The number of benzene rings is 8. The molecule has 0 radical (unpaired) electrons. The summed E-state index contributed by atoms with van der Waals surface area (Å²) < 4.78 is 67.4. The maximum absolute atomic E-state index is 12.6. The highest BCUT2D eigenvalue weighted by Crippen LogP contribution is 2.30. The Hall–Kier alpha value is -12.8. The first-order valence-corrected chi connectivity index (χ1v) is 40.3. The quantitative estimate of drug-likeness (QED) is 0.0322. The third-order valence-electron chi connectivity index (χ3n) is 20.9. The van der Waals surface area contributed by atoms with Crippen molar-refractivity contribution in [1.29, 1.82) is 0 Å². The minimum atomic E-state index is -4.75. The molecule has 5 aliphatic rings. The Morgan fingerprint density at radius 1 is 0.464 bits per heavy atom. The number of aromatic nitrogens is 2. The smallest absolute Gasteiger partial charge is 0.478 e. The fraction of sp³-hybridized carbons (Fsp3) is 0.371. The lowest BCUT2D eigenvalue weighted by Crippen LogP contribution is -2.40. The van der Waals surface area contributed by atoms with Crippen LogP contribution in [0.2, 0.25) is 0 Å². The maximum Gasteiger partial charge on any atom is 0.573 e. The normalized spacial score (nSPS) is 14.8. The van der Waals surface area contributed by atoms with E-state index in [0.717, 1.165) is 149 Å². The number of carbonyl (C=O) groups excluding carboxylic acids is 3. The molecule has 6 heterocycles. The molecule has 125 heavy (non-hydrogen) atoms. The molecule has 2 amide bonds. The topological polar surface area (TPSA) is 400 Å². The van der Waals surface area contributed by atoms with Gasteiger partial charge in [0.1, 0.15) is 17.4 Å². The van der Waals surface area contributed by atoms with Gasteiger partial charge in [-0.25, -0.2) is 9.78 Å². The van der Waals surface area contributed by atoms with E-state index < -0.39 is 27.1 Å².